The lowest BCUT2D eigenvalue weighted by atomic mass is 9.68. The van der Waals surface area contributed by atoms with Gasteiger partial charge < -0.3 is 0 Å². The molecular formula is C50H38. The first-order chi connectivity index (χ1) is 23.8. The second-order valence-corrected chi connectivity index (χ2v) is 18.4. The molecule has 0 amide bonds. The van der Waals surface area contributed by atoms with Crippen LogP contribution in [0.2, 0.25) is 0 Å². The number of benzene rings is 7. The fourth-order valence-corrected chi connectivity index (χ4v) is 12.3. The average molecular weight is 639 g/mol. The number of fused-ring (bicyclic) bond motifs is 6. The van der Waals surface area contributed by atoms with Gasteiger partial charge in [0.05, 0.1) is 0 Å². The van der Waals surface area contributed by atoms with Crippen molar-refractivity contribution in [1.29, 1.82) is 0 Å². The Morgan fingerprint density at radius 2 is 0.600 bits per heavy atom. The minimum absolute atomic E-state index is 0.0418. The van der Waals surface area contributed by atoms with Gasteiger partial charge in [-0.25, -0.2) is 0 Å². The Hall–Kier alpha value is -4.94. The fraction of sp³-hybridized carbons (Fsp3) is 0.240. The molecule has 0 bridgehead atoms. The Labute approximate surface area is 292 Å². The molecule has 0 heterocycles. The Morgan fingerprint density at radius 1 is 0.260 bits per heavy atom. The van der Waals surface area contributed by atoms with Gasteiger partial charge in [0.1, 0.15) is 0 Å². The number of hydrogen-bond donors (Lipinski definition) is 0. The molecule has 4 aliphatic carbocycles. The van der Waals surface area contributed by atoms with Crippen molar-refractivity contribution in [3.05, 3.63) is 129 Å². The van der Waals surface area contributed by atoms with Gasteiger partial charge in [0, 0.05) is 21.7 Å². The topological polar surface area (TPSA) is 0 Å². The van der Waals surface area contributed by atoms with Crippen molar-refractivity contribution in [3.63, 3.8) is 0 Å². The second-order valence-electron chi connectivity index (χ2n) is 18.4. The van der Waals surface area contributed by atoms with E-state index in [0.717, 1.165) is 0 Å². The monoisotopic (exact) mass is 638 g/mol. The molecule has 0 spiro atoms. The van der Waals surface area contributed by atoms with E-state index in [2.05, 4.69) is 140 Å². The highest BCUT2D eigenvalue weighted by Gasteiger charge is 2.47. The molecule has 0 radical (unpaired) electrons. The summed E-state index contributed by atoms with van der Waals surface area (Å²) in [6, 6.07) is 34.4. The summed E-state index contributed by atoms with van der Waals surface area (Å²) >= 11 is 0. The van der Waals surface area contributed by atoms with Crippen LogP contribution in [0.5, 0.6) is 0 Å². The normalized spacial score (nSPS) is 19.0. The molecule has 0 atom stereocenters. The zero-order chi connectivity index (χ0) is 33.8. The lowest BCUT2D eigenvalue weighted by Gasteiger charge is -2.35. The van der Waals surface area contributed by atoms with Crippen LogP contribution in [-0.4, -0.2) is 0 Å². The molecule has 0 N–H and O–H groups in total. The fourth-order valence-electron chi connectivity index (χ4n) is 12.3. The van der Waals surface area contributed by atoms with E-state index in [9.17, 15) is 0 Å². The summed E-state index contributed by atoms with van der Waals surface area (Å²) < 4.78 is 0. The maximum atomic E-state index is 2.60. The Balaban J connectivity index is 1.23. The maximum Gasteiger partial charge on any atom is 0.0159 e. The van der Waals surface area contributed by atoms with E-state index in [1.807, 2.05) is 0 Å². The van der Waals surface area contributed by atoms with Crippen molar-refractivity contribution in [2.45, 2.75) is 77.0 Å². The molecule has 0 aromatic heterocycles. The Kier molecular flexibility index (Phi) is 3.98. The predicted molar refractivity (Wildman–Crippen MR) is 213 cm³/mol. The Bertz CT molecular complexity index is 2960. The zero-order valence-corrected chi connectivity index (χ0v) is 30.1. The molecule has 0 fully saturated rings. The summed E-state index contributed by atoms with van der Waals surface area (Å²) in [4.78, 5) is 0. The molecule has 0 unspecified atom stereocenters. The highest BCUT2D eigenvalue weighted by molar-refractivity contribution is 6.40. The van der Waals surface area contributed by atoms with Gasteiger partial charge in [0.15, 0.2) is 0 Å². The van der Waals surface area contributed by atoms with E-state index in [1.54, 1.807) is 0 Å². The quantitative estimate of drug-likeness (QED) is 0.155. The molecule has 0 saturated heterocycles. The lowest BCUT2D eigenvalue weighted by molar-refractivity contribution is 0.639. The van der Waals surface area contributed by atoms with Crippen LogP contribution < -0.4 is 0 Å². The average Bonchev–Trinajstić information content (AvgIpc) is 3.74. The summed E-state index contributed by atoms with van der Waals surface area (Å²) in [6.45, 7) is 19.6. The molecule has 9 aromatic carbocycles. The first-order valence-electron chi connectivity index (χ1n) is 18.6. The predicted octanol–water partition coefficient (Wildman–Crippen LogP) is 13.4. The number of rotatable bonds is 0. The van der Waals surface area contributed by atoms with Crippen LogP contribution in [0.15, 0.2) is 84.9 Å². The molecule has 13 rings (SSSR count). The Morgan fingerprint density at radius 3 is 0.980 bits per heavy atom. The van der Waals surface area contributed by atoms with Crippen molar-refractivity contribution in [3.8, 4) is 22.3 Å². The van der Waals surface area contributed by atoms with Crippen molar-refractivity contribution >= 4 is 64.6 Å². The minimum Gasteiger partial charge on any atom is -0.0616 e. The first kappa shape index (κ1) is 26.9. The SMILES string of the molecule is CC1(C)c2cccc3c2-c2c1cc1c4cc5c(cc4c4ccc(c2c41)C3(C)C)c1cc2c3c4c(ccc5c41)C(C)(C)c1cccc(c1-3)C2(C)C. The largest absolute Gasteiger partial charge is 0.0616 e. The molecular weight excluding hydrogens is 601 g/mol. The summed E-state index contributed by atoms with van der Waals surface area (Å²) in [5.74, 6) is 0. The van der Waals surface area contributed by atoms with Crippen LogP contribution in [-0.2, 0) is 21.7 Å². The van der Waals surface area contributed by atoms with E-state index >= 15 is 0 Å². The summed E-state index contributed by atoms with van der Waals surface area (Å²) in [5, 5.41) is 17.3. The van der Waals surface area contributed by atoms with Crippen molar-refractivity contribution in [1.82, 2.24) is 0 Å². The van der Waals surface area contributed by atoms with Crippen LogP contribution >= 0.6 is 0 Å². The third-order valence-corrected chi connectivity index (χ3v) is 14.9. The van der Waals surface area contributed by atoms with Crippen LogP contribution in [0, 0.1) is 0 Å². The molecule has 0 aliphatic heterocycles. The maximum absolute atomic E-state index is 2.60. The zero-order valence-electron chi connectivity index (χ0n) is 30.1. The van der Waals surface area contributed by atoms with Crippen LogP contribution in [0.3, 0.4) is 0 Å². The number of hydrogen-bond acceptors (Lipinski definition) is 0. The van der Waals surface area contributed by atoms with Gasteiger partial charge in [-0.15, -0.1) is 0 Å². The van der Waals surface area contributed by atoms with Gasteiger partial charge in [0.25, 0.3) is 0 Å². The molecule has 9 aromatic rings. The van der Waals surface area contributed by atoms with Gasteiger partial charge >= 0.3 is 0 Å². The van der Waals surface area contributed by atoms with E-state index < -0.39 is 0 Å². The summed E-state index contributed by atoms with van der Waals surface area (Å²) in [7, 11) is 0. The van der Waals surface area contributed by atoms with E-state index in [4.69, 9.17) is 0 Å². The summed E-state index contributed by atoms with van der Waals surface area (Å²) in [6.07, 6.45) is 0. The second kappa shape index (κ2) is 7.40. The van der Waals surface area contributed by atoms with E-state index in [1.165, 1.54) is 131 Å². The molecule has 4 aliphatic rings. The smallest absolute Gasteiger partial charge is 0.0159 e. The highest BCUT2D eigenvalue weighted by atomic mass is 14.5. The summed E-state index contributed by atoms with van der Waals surface area (Å²) in [5.41, 5.74) is 17.7. The third kappa shape index (κ3) is 2.43. The van der Waals surface area contributed by atoms with Crippen LogP contribution in [0.4, 0.5) is 0 Å². The van der Waals surface area contributed by atoms with Crippen molar-refractivity contribution in [2.75, 3.05) is 0 Å². The molecule has 0 heteroatoms. The van der Waals surface area contributed by atoms with Gasteiger partial charge in [-0.05, 0) is 156 Å². The van der Waals surface area contributed by atoms with Crippen LogP contribution in [0.1, 0.15) is 99.9 Å². The van der Waals surface area contributed by atoms with Gasteiger partial charge in [-0.3, -0.25) is 0 Å². The molecule has 0 nitrogen and oxygen atoms in total. The molecule has 50 heavy (non-hydrogen) atoms. The lowest BCUT2D eigenvalue weighted by Crippen LogP contribution is -2.23. The van der Waals surface area contributed by atoms with E-state index in [-0.39, 0.29) is 21.7 Å². The standard InChI is InChI=1S/C50H38/c1-47(2)31-11-9-13-33-41(31)45-37(49(33,5)6)21-29-27-20-26-24-16-18-36-44-40(24)30(28(26)19-25(27)23-15-17-35(47)43(45)39(23)29)22-38-46(44)42-32(48(36,3)4)12-10-14-34(42)50(38,7)8/h9-22H,1-8H3. The minimum atomic E-state index is -0.0562. The van der Waals surface area contributed by atoms with Crippen molar-refractivity contribution in [2.24, 2.45) is 0 Å². The molecule has 0 saturated carbocycles. The molecule has 238 valence electrons. The third-order valence-electron chi connectivity index (χ3n) is 14.9. The van der Waals surface area contributed by atoms with Gasteiger partial charge in [-0.2, -0.15) is 0 Å². The van der Waals surface area contributed by atoms with Crippen LogP contribution in [0.25, 0.3) is 86.9 Å². The first-order valence-corrected chi connectivity index (χ1v) is 18.6. The van der Waals surface area contributed by atoms with Gasteiger partial charge in [0.2, 0.25) is 0 Å². The van der Waals surface area contributed by atoms with Crippen molar-refractivity contribution < 1.29 is 0 Å². The van der Waals surface area contributed by atoms with Gasteiger partial charge in [-0.1, -0.05) is 116 Å². The van der Waals surface area contributed by atoms with E-state index in [0.29, 0.717) is 0 Å². The highest BCUT2D eigenvalue weighted by Crippen LogP contribution is 2.64.